The third-order valence-electron chi connectivity index (χ3n) is 4.51. The number of nitrogens with zero attached hydrogens (tertiary/aromatic N) is 2. The quantitative estimate of drug-likeness (QED) is 0.581. The summed E-state index contributed by atoms with van der Waals surface area (Å²) in [6.45, 7) is 5.85. The van der Waals surface area contributed by atoms with Gasteiger partial charge in [0.15, 0.2) is 0 Å². The Bertz CT molecular complexity index is 1100. The highest BCUT2D eigenvalue weighted by Gasteiger charge is 2.16. The lowest BCUT2D eigenvalue weighted by Crippen LogP contribution is -2.24. The summed E-state index contributed by atoms with van der Waals surface area (Å²) < 4.78 is 1.38. The van der Waals surface area contributed by atoms with Crippen LogP contribution in [0.25, 0.3) is 5.69 Å². The zero-order valence-electron chi connectivity index (χ0n) is 16.8. The van der Waals surface area contributed by atoms with Gasteiger partial charge in [0.25, 0.3) is 5.56 Å². The number of carbonyl (C=O) groups is 1. The van der Waals surface area contributed by atoms with Crippen molar-refractivity contribution in [1.29, 1.82) is 0 Å². The third-order valence-corrected chi connectivity index (χ3v) is 6.27. The third kappa shape index (κ3) is 5.31. The summed E-state index contributed by atoms with van der Waals surface area (Å²) >= 11 is 2.94. The fourth-order valence-corrected chi connectivity index (χ4v) is 3.94. The van der Waals surface area contributed by atoms with E-state index in [9.17, 15) is 9.59 Å². The summed E-state index contributed by atoms with van der Waals surface area (Å²) in [5, 5.41) is 7.64. The van der Waals surface area contributed by atoms with Crippen LogP contribution in [-0.4, -0.2) is 27.2 Å². The molecule has 0 aliphatic rings. The van der Waals surface area contributed by atoms with E-state index in [4.69, 9.17) is 0 Å². The van der Waals surface area contributed by atoms with Gasteiger partial charge >= 0.3 is 0 Å². The van der Waals surface area contributed by atoms with Gasteiger partial charge in [0, 0.05) is 16.6 Å². The summed E-state index contributed by atoms with van der Waals surface area (Å²) in [5.74, 6) is -0.112. The van der Waals surface area contributed by atoms with Gasteiger partial charge in [-0.25, -0.2) is 0 Å². The Morgan fingerprint density at radius 1 is 1.07 bits per heavy atom. The molecule has 1 atom stereocenters. The number of benzene rings is 2. The van der Waals surface area contributed by atoms with Crippen molar-refractivity contribution in [2.24, 2.45) is 0 Å². The van der Waals surface area contributed by atoms with E-state index in [0.29, 0.717) is 10.7 Å². The topological polar surface area (TPSA) is 64.0 Å². The van der Waals surface area contributed by atoms with Gasteiger partial charge in [0.2, 0.25) is 5.91 Å². The smallest absolute Gasteiger partial charge is 0.271 e. The van der Waals surface area contributed by atoms with Crippen LogP contribution in [0.2, 0.25) is 0 Å². The standard InChI is InChI=1S/C22H23N3O2S2/c1-14-8-9-18(12-15(14)2)25-21(26)11-10-20(24-25)29-16(3)22(27)23-17-6-5-7-19(13-17)28-4/h5-13,16H,1-4H3,(H,23,27). The van der Waals surface area contributed by atoms with Crippen molar-refractivity contribution in [1.82, 2.24) is 9.78 Å². The van der Waals surface area contributed by atoms with Crippen LogP contribution in [0, 0.1) is 13.8 Å². The molecule has 0 radical (unpaired) electrons. The van der Waals surface area contributed by atoms with Crippen molar-refractivity contribution < 1.29 is 4.79 Å². The predicted molar refractivity (Wildman–Crippen MR) is 121 cm³/mol. The van der Waals surface area contributed by atoms with Crippen LogP contribution >= 0.6 is 23.5 Å². The van der Waals surface area contributed by atoms with E-state index in [1.807, 2.05) is 69.5 Å². The molecule has 7 heteroatoms. The molecule has 1 amide bonds. The van der Waals surface area contributed by atoms with Gasteiger partial charge in [-0.2, -0.15) is 9.78 Å². The van der Waals surface area contributed by atoms with Crippen LogP contribution in [0.4, 0.5) is 5.69 Å². The number of anilines is 1. The number of aryl methyl sites for hydroxylation is 2. The van der Waals surface area contributed by atoms with Crippen LogP contribution in [0.1, 0.15) is 18.1 Å². The first kappa shape index (κ1) is 21.2. The van der Waals surface area contributed by atoms with E-state index in [2.05, 4.69) is 10.4 Å². The maximum Gasteiger partial charge on any atom is 0.271 e. The second kappa shape index (κ2) is 9.33. The monoisotopic (exact) mass is 425 g/mol. The number of amides is 1. The largest absolute Gasteiger partial charge is 0.325 e. The predicted octanol–water partition coefficient (Wildman–Crippen LogP) is 4.69. The zero-order chi connectivity index (χ0) is 21.0. The number of thioether (sulfide) groups is 2. The summed E-state index contributed by atoms with van der Waals surface area (Å²) in [4.78, 5) is 26.0. The van der Waals surface area contributed by atoms with Gasteiger partial charge < -0.3 is 5.32 Å². The number of aromatic nitrogens is 2. The molecule has 0 bridgehead atoms. The minimum absolute atomic E-state index is 0.112. The summed E-state index contributed by atoms with van der Waals surface area (Å²) in [6, 6.07) is 16.6. The Morgan fingerprint density at radius 2 is 1.86 bits per heavy atom. The molecule has 29 heavy (non-hydrogen) atoms. The first-order chi connectivity index (χ1) is 13.9. The van der Waals surface area contributed by atoms with Crippen molar-refractivity contribution in [3.05, 3.63) is 76.1 Å². The van der Waals surface area contributed by atoms with Crippen LogP contribution < -0.4 is 10.9 Å². The molecule has 1 unspecified atom stereocenters. The highest BCUT2D eigenvalue weighted by molar-refractivity contribution is 8.00. The molecule has 1 heterocycles. The van der Waals surface area contributed by atoms with Gasteiger partial charge in [0.05, 0.1) is 10.9 Å². The normalized spacial score (nSPS) is 11.9. The SMILES string of the molecule is CSc1cccc(NC(=O)C(C)Sc2ccc(=O)n(-c3ccc(C)c(C)c3)n2)c1. The Labute approximate surface area is 178 Å². The van der Waals surface area contributed by atoms with Gasteiger partial charge in [-0.15, -0.1) is 11.8 Å². The van der Waals surface area contributed by atoms with Crippen LogP contribution in [0.15, 0.2) is 69.3 Å². The van der Waals surface area contributed by atoms with Crippen molar-refractivity contribution >= 4 is 35.1 Å². The molecule has 0 saturated heterocycles. The minimum atomic E-state index is -0.369. The average molecular weight is 426 g/mol. The van der Waals surface area contributed by atoms with Gasteiger partial charge in [-0.3, -0.25) is 9.59 Å². The van der Waals surface area contributed by atoms with E-state index in [0.717, 1.165) is 21.7 Å². The maximum atomic E-state index is 12.6. The fourth-order valence-electron chi connectivity index (χ4n) is 2.68. The lowest BCUT2D eigenvalue weighted by Gasteiger charge is -2.13. The molecule has 5 nitrogen and oxygen atoms in total. The van der Waals surface area contributed by atoms with E-state index in [1.54, 1.807) is 17.8 Å². The second-order valence-corrected chi connectivity index (χ2v) is 8.91. The van der Waals surface area contributed by atoms with Crippen LogP contribution in [-0.2, 0) is 4.79 Å². The van der Waals surface area contributed by atoms with E-state index >= 15 is 0 Å². The molecule has 0 fully saturated rings. The molecule has 0 aliphatic heterocycles. The Hall–Kier alpha value is -2.51. The number of rotatable bonds is 6. The minimum Gasteiger partial charge on any atom is -0.325 e. The molecule has 3 rings (SSSR count). The van der Waals surface area contributed by atoms with Crippen molar-refractivity contribution in [3.63, 3.8) is 0 Å². The molecule has 150 valence electrons. The van der Waals surface area contributed by atoms with E-state index in [-0.39, 0.29) is 16.7 Å². The highest BCUT2D eigenvalue weighted by Crippen LogP contribution is 2.24. The molecule has 3 aromatic rings. The van der Waals surface area contributed by atoms with Gasteiger partial charge in [-0.05, 0) is 74.6 Å². The molecule has 0 spiro atoms. The first-order valence-corrected chi connectivity index (χ1v) is 11.3. The average Bonchev–Trinajstić information content (AvgIpc) is 2.71. The summed E-state index contributed by atoms with van der Waals surface area (Å²) in [5.41, 5.74) is 3.52. The van der Waals surface area contributed by atoms with Crippen molar-refractivity contribution in [2.75, 3.05) is 11.6 Å². The molecule has 1 aromatic heterocycles. The molecule has 0 aliphatic carbocycles. The van der Waals surface area contributed by atoms with Crippen molar-refractivity contribution in [2.45, 2.75) is 35.9 Å². The van der Waals surface area contributed by atoms with Gasteiger partial charge in [0.1, 0.15) is 5.03 Å². The van der Waals surface area contributed by atoms with E-state index in [1.165, 1.54) is 22.5 Å². The Balaban J connectivity index is 1.76. The highest BCUT2D eigenvalue weighted by atomic mass is 32.2. The molecule has 1 N–H and O–H groups in total. The second-order valence-electron chi connectivity index (χ2n) is 6.67. The lowest BCUT2D eigenvalue weighted by atomic mass is 10.1. The lowest BCUT2D eigenvalue weighted by molar-refractivity contribution is -0.115. The number of hydrogen-bond acceptors (Lipinski definition) is 5. The maximum absolute atomic E-state index is 12.6. The fraction of sp³-hybridized carbons (Fsp3) is 0.227. The zero-order valence-corrected chi connectivity index (χ0v) is 18.4. The number of hydrogen-bond donors (Lipinski definition) is 1. The van der Waals surface area contributed by atoms with Crippen LogP contribution in [0.3, 0.4) is 0 Å². The first-order valence-electron chi connectivity index (χ1n) is 9.17. The summed E-state index contributed by atoms with van der Waals surface area (Å²) in [6.07, 6.45) is 2.00. The Morgan fingerprint density at radius 3 is 2.59 bits per heavy atom. The van der Waals surface area contributed by atoms with Gasteiger partial charge in [-0.1, -0.05) is 23.9 Å². The molecule has 2 aromatic carbocycles. The Kier molecular flexibility index (Phi) is 6.82. The molecular formula is C22H23N3O2S2. The van der Waals surface area contributed by atoms with Crippen LogP contribution in [0.5, 0.6) is 0 Å². The molecule has 0 saturated carbocycles. The number of nitrogens with one attached hydrogen (secondary N) is 1. The summed E-state index contributed by atoms with van der Waals surface area (Å²) in [7, 11) is 0. The number of carbonyl (C=O) groups excluding carboxylic acids is 1. The van der Waals surface area contributed by atoms with Crippen molar-refractivity contribution in [3.8, 4) is 5.69 Å². The van der Waals surface area contributed by atoms with E-state index < -0.39 is 0 Å². The molecular weight excluding hydrogens is 402 g/mol.